The normalized spacial score (nSPS) is 15.3. The zero-order chi connectivity index (χ0) is 23.0. The van der Waals surface area contributed by atoms with Crippen LogP contribution in [0.1, 0.15) is 44.0 Å². The second-order valence-corrected chi connectivity index (χ2v) is 8.10. The number of amides is 2. The Morgan fingerprint density at radius 1 is 1.13 bits per heavy atom. The molecule has 1 heterocycles. The van der Waals surface area contributed by atoms with Crippen LogP contribution in [-0.2, 0) is 23.9 Å². The lowest BCUT2D eigenvalue weighted by molar-refractivity contribution is -0.156. The average Bonchev–Trinajstić information content (AvgIpc) is 2.75. The van der Waals surface area contributed by atoms with Crippen LogP contribution >= 0.6 is 11.6 Å². The third kappa shape index (κ3) is 6.95. The largest absolute Gasteiger partial charge is 0.466 e. The van der Waals surface area contributed by atoms with Crippen molar-refractivity contribution in [3.05, 3.63) is 34.9 Å². The zero-order valence-corrected chi connectivity index (χ0v) is 18.8. The molecule has 0 aliphatic carbocycles. The van der Waals surface area contributed by atoms with Crippen molar-refractivity contribution in [3.63, 3.8) is 0 Å². The Morgan fingerprint density at radius 3 is 2.35 bits per heavy atom. The quantitative estimate of drug-likeness (QED) is 0.608. The topological polar surface area (TPSA) is 102 Å². The van der Waals surface area contributed by atoms with Crippen LogP contribution < -0.4 is 5.32 Å². The van der Waals surface area contributed by atoms with Gasteiger partial charge >= 0.3 is 11.9 Å². The number of carbonyl (C=O) groups excluding carboxylic acids is 4. The van der Waals surface area contributed by atoms with Gasteiger partial charge in [0.05, 0.1) is 23.1 Å². The lowest BCUT2D eigenvalue weighted by Crippen LogP contribution is -2.47. The monoisotopic (exact) mass is 452 g/mol. The highest BCUT2D eigenvalue weighted by atomic mass is 35.5. The summed E-state index contributed by atoms with van der Waals surface area (Å²) in [4.78, 5) is 50.8. The number of benzene rings is 1. The highest BCUT2D eigenvalue weighted by molar-refractivity contribution is 6.33. The van der Waals surface area contributed by atoms with Gasteiger partial charge in [-0.1, -0.05) is 37.6 Å². The van der Waals surface area contributed by atoms with E-state index in [1.807, 2.05) is 0 Å². The van der Waals surface area contributed by atoms with Gasteiger partial charge in [0, 0.05) is 13.1 Å². The molecule has 1 aliphatic rings. The second kappa shape index (κ2) is 11.7. The molecule has 2 rings (SSSR count). The SMILES string of the molecule is CCOC(=O)C1CCN(C(=O)COC(=O)[C@@H](NC(=O)c2ccccc2Cl)C(C)C)CC1. The Balaban J connectivity index is 1.86. The summed E-state index contributed by atoms with van der Waals surface area (Å²) in [6.45, 7) is 5.99. The van der Waals surface area contributed by atoms with Gasteiger partial charge in [0.1, 0.15) is 6.04 Å². The minimum Gasteiger partial charge on any atom is -0.466 e. The molecule has 8 nitrogen and oxygen atoms in total. The van der Waals surface area contributed by atoms with Crippen LogP contribution in [0.5, 0.6) is 0 Å². The zero-order valence-electron chi connectivity index (χ0n) is 18.1. The Hall–Kier alpha value is -2.61. The van der Waals surface area contributed by atoms with Gasteiger partial charge in [-0.3, -0.25) is 14.4 Å². The van der Waals surface area contributed by atoms with Crippen molar-refractivity contribution < 1.29 is 28.7 Å². The van der Waals surface area contributed by atoms with E-state index >= 15 is 0 Å². The smallest absolute Gasteiger partial charge is 0.329 e. The van der Waals surface area contributed by atoms with Crippen molar-refractivity contribution in [1.29, 1.82) is 0 Å². The van der Waals surface area contributed by atoms with E-state index < -0.39 is 24.5 Å². The molecule has 2 amide bonds. The number of nitrogens with zero attached hydrogens (tertiary/aromatic N) is 1. The molecule has 0 saturated carbocycles. The molecule has 1 aliphatic heterocycles. The molecule has 9 heteroatoms. The molecule has 31 heavy (non-hydrogen) atoms. The summed E-state index contributed by atoms with van der Waals surface area (Å²) < 4.78 is 10.2. The molecule has 1 atom stereocenters. The molecule has 170 valence electrons. The molecule has 1 N–H and O–H groups in total. The first-order valence-corrected chi connectivity index (χ1v) is 10.8. The van der Waals surface area contributed by atoms with Gasteiger partial charge in [0.2, 0.25) is 0 Å². The van der Waals surface area contributed by atoms with Crippen molar-refractivity contribution >= 4 is 35.4 Å². The fourth-order valence-electron chi connectivity index (χ4n) is 3.30. The third-order valence-corrected chi connectivity index (χ3v) is 5.46. The van der Waals surface area contributed by atoms with Gasteiger partial charge in [-0.2, -0.15) is 0 Å². The van der Waals surface area contributed by atoms with Crippen molar-refractivity contribution in [1.82, 2.24) is 10.2 Å². The highest BCUT2D eigenvalue weighted by Gasteiger charge is 2.30. The molecule has 0 unspecified atom stereocenters. The van der Waals surface area contributed by atoms with E-state index in [2.05, 4.69) is 5.32 Å². The summed E-state index contributed by atoms with van der Waals surface area (Å²) >= 11 is 6.04. The summed E-state index contributed by atoms with van der Waals surface area (Å²) in [7, 11) is 0. The van der Waals surface area contributed by atoms with Crippen molar-refractivity contribution in [2.45, 2.75) is 39.7 Å². The first kappa shape index (κ1) is 24.7. The summed E-state index contributed by atoms with van der Waals surface area (Å²) in [5.74, 6) is -2.23. The van der Waals surface area contributed by atoms with Gasteiger partial charge in [-0.05, 0) is 37.8 Å². The summed E-state index contributed by atoms with van der Waals surface area (Å²) in [6.07, 6.45) is 1.03. The number of rotatable bonds is 8. The standard InChI is InChI=1S/C22H29ClN2O6/c1-4-30-21(28)15-9-11-25(12-10-15)18(26)13-31-22(29)19(14(2)3)24-20(27)16-7-5-6-8-17(16)23/h5-8,14-15,19H,4,9-13H2,1-3H3,(H,24,27)/t19-/m0/s1. The lowest BCUT2D eigenvalue weighted by atomic mass is 9.97. The molecular weight excluding hydrogens is 424 g/mol. The fourth-order valence-corrected chi connectivity index (χ4v) is 3.52. The summed E-state index contributed by atoms with van der Waals surface area (Å²) in [5, 5.41) is 2.91. The number of ether oxygens (including phenoxy) is 2. The molecule has 1 saturated heterocycles. The summed E-state index contributed by atoms with van der Waals surface area (Å²) in [5.41, 5.74) is 0.253. The Labute approximate surface area is 187 Å². The molecular formula is C22H29ClN2O6. The van der Waals surface area contributed by atoms with E-state index in [-0.39, 0.29) is 34.3 Å². The van der Waals surface area contributed by atoms with Crippen molar-refractivity contribution in [3.8, 4) is 0 Å². The number of likely N-dealkylation sites (tertiary alicyclic amines) is 1. The number of carbonyl (C=O) groups is 4. The van der Waals surface area contributed by atoms with E-state index in [1.165, 1.54) is 0 Å². The molecule has 1 aromatic rings. The molecule has 0 radical (unpaired) electrons. The summed E-state index contributed by atoms with van der Waals surface area (Å²) in [6, 6.07) is 5.60. The van der Waals surface area contributed by atoms with Crippen LogP contribution in [0, 0.1) is 11.8 Å². The number of esters is 2. The van der Waals surface area contributed by atoms with E-state index in [0.717, 1.165) is 0 Å². The van der Waals surface area contributed by atoms with Crippen LogP contribution in [-0.4, -0.2) is 61.0 Å². The van der Waals surface area contributed by atoms with Crippen LogP contribution in [0.2, 0.25) is 5.02 Å². The number of halogens is 1. The molecule has 0 spiro atoms. The van der Waals surface area contributed by atoms with Crippen molar-refractivity contribution in [2.75, 3.05) is 26.3 Å². The van der Waals surface area contributed by atoms with E-state index in [4.69, 9.17) is 21.1 Å². The third-order valence-electron chi connectivity index (χ3n) is 5.13. The van der Waals surface area contributed by atoms with Crippen LogP contribution in [0.25, 0.3) is 0 Å². The number of nitrogens with one attached hydrogen (secondary N) is 1. The van der Waals surface area contributed by atoms with Crippen LogP contribution in [0.4, 0.5) is 0 Å². The van der Waals surface area contributed by atoms with Gasteiger partial charge in [-0.25, -0.2) is 4.79 Å². The average molecular weight is 453 g/mol. The van der Waals surface area contributed by atoms with E-state index in [1.54, 1.807) is 49.9 Å². The predicted molar refractivity (Wildman–Crippen MR) is 114 cm³/mol. The Bertz CT molecular complexity index is 805. The highest BCUT2D eigenvalue weighted by Crippen LogP contribution is 2.19. The fraction of sp³-hybridized carbons (Fsp3) is 0.545. The first-order valence-electron chi connectivity index (χ1n) is 10.4. The minimum atomic E-state index is -0.925. The van der Waals surface area contributed by atoms with Crippen LogP contribution in [0.3, 0.4) is 0 Å². The van der Waals surface area contributed by atoms with Gasteiger partial charge < -0.3 is 19.7 Å². The maximum Gasteiger partial charge on any atom is 0.329 e. The van der Waals surface area contributed by atoms with Crippen LogP contribution in [0.15, 0.2) is 24.3 Å². The van der Waals surface area contributed by atoms with Gasteiger partial charge in [0.15, 0.2) is 6.61 Å². The van der Waals surface area contributed by atoms with Crippen molar-refractivity contribution in [2.24, 2.45) is 11.8 Å². The maximum atomic E-state index is 12.5. The lowest BCUT2D eigenvalue weighted by Gasteiger charge is -2.31. The predicted octanol–water partition coefficient (Wildman–Crippen LogP) is 2.44. The van der Waals surface area contributed by atoms with E-state index in [9.17, 15) is 19.2 Å². The number of piperidine rings is 1. The molecule has 1 fully saturated rings. The second-order valence-electron chi connectivity index (χ2n) is 7.69. The molecule has 1 aromatic carbocycles. The van der Waals surface area contributed by atoms with Gasteiger partial charge in [0.25, 0.3) is 11.8 Å². The number of hydrogen-bond donors (Lipinski definition) is 1. The van der Waals surface area contributed by atoms with E-state index in [0.29, 0.717) is 32.5 Å². The Morgan fingerprint density at radius 2 is 1.77 bits per heavy atom. The van der Waals surface area contributed by atoms with Gasteiger partial charge in [-0.15, -0.1) is 0 Å². The minimum absolute atomic E-state index is 0.211. The molecule has 0 aromatic heterocycles. The maximum absolute atomic E-state index is 12.5. The Kier molecular flexibility index (Phi) is 9.30. The molecule has 0 bridgehead atoms. The number of hydrogen-bond acceptors (Lipinski definition) is 6. The first-order chi connectivity index (χ1) is 14.7.